The predicted molar refractivity (Wildman–Crippen MR) is 92.4 cm³/mol. The van der Waals surface area contributed by atoms with E-state index in [0.29, 0.717) is 5.69 Å². The number of carbonyl (C=O) groups is 2. The van der Waals surface area contributed by atoms with Crippen LogP contribution in [-0.4, -0.2) is 30.9 Å². The maximum atomic E-state index is 13.0. The zero-order valence-corrected chi connectivity index (χ0v) is 14.3. The van der Waals surface area contributed by atoms with Gasteiger partial charge in [0.1, 0.15) is 11.6 Å². The summed E-state index contributed by atoms with van der Waals surface area (Å²) in [5.74, 6) is -1.04. The molecule has 2 aromatic carbocycles. The topological polar surface area (TPSA) is 70.7 Å². The van der Waals surface area contributed by atoms with Crippen molar-refractivity contribution in [1.29, 1.82) is 0 Å². The monoisotopic (exact) mass is 397 g/mol. The number of hydrogen-bond acceptors (Lipinski definition) is 3. The van der Waals surface area contributed by atoms with Crippen molar-refractivity contribution in [2.24, 2.45) is 0 Å². The van der Waals surface area contributed by atoms with Gasteiger partial charge in [-0.2, -0.15) is 0 Å². The number of amides is 3. The van der Waals surface area contributed by atoms with Crippen molar-refractivity contribution >= 4 is 23.3 Å². The molecule has 1 fully saturated rings. The van der Waals surface area contributed by atoms with Crippen LogP contribution in [-0.2, 0) is 4.79 Å². The summed E-state index contributed by atoms with van der Waals surface area (Å²) >= 11 is 0. The van der Waals surface area contributed by atoms with E-state index in [9.17, 15) is 27.2 Å². The van der Waals surface area contributed by atoms with Gasteiger partial charge in [-0.1, -0.05) is 0 Å². The Balaban J connectivity index is 1.54. The van der Waals surface area contributed by atoms with Gasteiger partial charge in [0.2, 0.25) is 5.91 Å². The highest BCUT2D eigenvalue weighted by Crippen LogP contribution is 2.24. The second-order valence-corrected chi connectivity index (χ2v) is 6.05. The summed E-state index contributed by atoms with van der Waals surface area (Å²) in [6, 6.07) is 8.99. The fraction of sp³-hybridized carbons (Fsp3) is 0.222. The van der Waals surface area contributed by atoms with Crippen molar-refractivity contribution in [1.82, 2.24) is 5.32 Å². The molecule has 3 rings (SSSR count). The first-order valence-corrected chi connectivity index (χ1v) is 8.19. The molecule has 0 bridgehead atoms. The SMILES string of the molecule is O=C(Nc1ccc(OC(F)(F)F)cc1)N[C@@H]1CC(=O)N(c2ccc(F)cc2)C1. The standard InChI is InChI=1S/C18H15F4N3O3/c19-11-1-5-14(6-2-11)25-10-13(9-16(25)26)24-17(27)23-12-3-7-15(8-4-12)28-18(20,21)22/h1-8,13H,9-10H2,(H2,23,24,27)/t13-/m1/s1. The van der Waals surface area contributed by atoms with Crippen LogP contribution in [0.15, 0.2) is 48.5 Å². The molecule has 1 heterocycles. The van der Waals surface area contributed by atoms with E-state index in [1.54, 1.807) is 0 Å². The van der Waals surface area contributed by atoms with Gasteiger partial charge in [0.25, 0.3) is 0 Å². The third-order valence-electron chi connectivity index (χ3n) is 3.94. The normalized spacial score (nSPS) is 16.8. The smallest absolute Gasteiger partial charge is 0.406 e. The summed E-state index contributed by atoms with van der Waals surface area (Å²) in [4.78, 5) is 25.6. The molecule has 6 nitrogen and oxygen atoms in total. The van der Waals surface area contributed by atoms with Gasteiger partial charge in [-0.15, -0.1) is 13.2 Å². The Morgan fingerprint density at radius 1 is 1.07 bits per heavy atom. The van der Waals surface area contributed by atoms with Gasteiger partial charge < -0.3 is 20.3 Å². The number of halogens is 4. The molecule has 0 aromatic heterocycles. The predicted octanol–water partition coefficient (Wildman–Crippen LogP) is 3.65. The first-order chi connectivity index (χ1) is 13.2. The largest absolute Gasteiger partial charge is 0.573 e. The molecule has 28 heavy (non-hydrogen) atoms. The van der Waals surface area contributed by atoms with Crippen LogP contribution < -0.4 is 20.3 Å². The van der Waals surface area contributed by atoms with Gasteiger partial charge in [-0.25, -0.2) is 9.18 Å². The summed E-state index contributed by atoms with van der Waals surface area (Å²) in [6.07, 6.45) is -4.72. The van der Waals surface area contributed by atoms with Crippen LogP contribution in [0.4, 0.5) is 33.7 Å². The second kappa shape index (κ2) is 7.75. The molecule has 3 amide bonds. The molecule has 10 heteroatoms. The second-order valence-electron chi connectivity index (χ2n) is 6.05. The van der Waals surface area contributed by atoms with Crippen LogP contribution in [0.25, 0.3) is 0 Å². The van der Waals surface area contributed by atoms with Crippen molar-refractivity contribution in [3.8, 4) is 5.75 Å². The molecule has 2 aromatic rings. The fourth-order valence-electron chi connectivity index (χ4n) is 2.77. The molecule has 1 aliphatic heterocycles. The summed E-state index contributed by atoms with van der Waals surface area (Å²) in [6.45, 7) is 0.218. The highest BCUT2D eigenvalue weighted by atomic mass is 19.4. The van der Waals surface area contributed by atoms with E-state index in [0.717, 1.165) is 12.1 Å². The van der Waals surface area contributed by atoms with Crippen LogP contribution in [0.5, 0.6) is 5.75 Å². The number of benzene rings is 2. The zero-order chi connectivity index (χ0) is 20.3. The number of alkyl halides is 3. The highest BCUT2D eigenvalue weighted by molar-refractivity contribution is 5.97. The first-order valence-electron chi connectivity index (χ1n) is 8.19. The van der Waals surface area contributed by atoms with Crippen LogP contribution in [0.3, 0.4) is 0 Å². The Labute approximate surface area is 157 Å². The molecular formula is C18H15F4N3O3. The minimum absolute atomic E-state index is 0.0726. The van der Waals surface area contributed by atoms with Gasteiger partial charge in [-0.05, 0) is 48.5 Å². The molecular weight excluding hydrogens is 382 g/mol. The van der Waals surface area contributed by atoms with Crippen molar-refractivity contribution in [2.75, 3.05) is 16.8 Å². The Bertz CT molecular complexity index is 854. The van der Waals surface area contributed by atoms with Gasteiger partial charge >= 0.3 is 12.4 Å². The van der Waals surface area contributed by atoms with Crippen LogP contribution >= 0.6 is 0 Å². The third-order valence-corrected chi connectivity index (χ3v) is 3.94. The van der Waals surface area contributed by atoms with E-state index in [1.165, 1.54) is 41.3 Å². The highest BCUT2D eigenvalue weighted by Gasteiger charge is 2.32. The number of ether oxygens (including phenoxy) is 1. The molecule has 0 unspecified atom stereocenters. The summed E-state index contributed by atoms with van der Waals surface area (Å²) < 4.78 is 53.1. The van der Waals surface area contributed by atoms with Crippen LogP contribution in [0.1, 0.15) is 6.42 Å². The van der Waals surface area contributed by atoms with E-state index in [1.807, 2.05) is 0 Å². The van der Waals surface area contributed by atoms with Gasteiger partial charge in [0, 0.05) is 24.3 Å². The van der Waals surface area contributed by atoms with E-state index >= 15 is 0 Å². The van der Waals surface area contributed by atoms with E-state index in [4.69, 9.17) is 0 Å². The summed E-state index contributed by atoms with van der Waals surface area (Å²) in [5, 5.41) is 5.09. The third kappa shape index (κ3) is 5.12. The maximum absolute atomic E-state index is 13.0. The number of hydrogen-bond donors (Lipinski definition) is 2. The fourth-order valence-corrected chi connectivity index (χ4v) is 2.77. The molecule has 1 saturated heterocycles. The Kier molecular flexibility index (Phi) is 5.39. The number of urea groups is 1. The minimum Gasteiger partial charge on any atom is -0.406 e. The summed E-state index contributed by atoms with van der Waals surface area (Å²) in [7, 11) is 0. The zero-order valence-electron chi connectivity index (χ0n) is 14.3. The quantitative estimate of drug-likeness (QED) is 0.774. The van der Waals surface area contributed by atoms with Crippen LogP contribution in [0, 0.1) is 5.82 Å². The molecule has 0 radical (unpaired) electrons. The first kappa shape index (κ1) is 19.5. The molecule has 2 N–H and O–H groups in total. The lowest BCUT2D eigenvalue weighted by Crippen LogP contribution is -2.39. The number of carbonyl (C=O) groups excluding carboxylic acids is 2. The average molecular weight is 397 g/mol. The van der Waals surface area contributed by atoms with Crippen molar-refractivity contribution in [3.63, 3.8) is 0 Å². The number of rotatable bonds is 4. The van der Waals surface area contributed by atoms with Crippen LogP contribution in [0.2, 0.25) is 0 Å². The van der Waals surface area contributed by atoms with Crippen molar-refractivity contribution < 1.29 is 31.9 Å². The molecule has 148 valence electrons. The van der Waals surface area contributed by atoms with Gasteiger partial charge in [-0.3, -0.25) is 4.79 Å². The van der Waals surface area contributed by atoms with Crippen molar-refractivity contribution in [3.05, 3.63) is 54.3 Å². The molecule has 0 spiro atoms. The Morgan fingerprint density at radius 3 is 2.32 bits per heavy atom. The number of anilines is 2. The minimum atomic E-state index is -4.79. The molecule has 1 aliphatic rings. The molecule has 1 atom stereocenters. The lowest BCUT2D eigenvalue weighted by Gasteiger charge is -2.17. The van der Waals surface area contributed by atoms with E-state index in [-0.39, 0.29) is 24.6 Å². The maximum Gasteiger partial charge on any atom is 0.573 e. The van der Waals surface area contributed by atoms with Gasteiger partial charge in [0.15, 0.2) is 0 Å². The lowest BCUT2D eigenvalue weighted by atomic mass is 10.2. The van der Waals surface area contributed by atoms with E-state index < -0.39 is 30.0 Å². The molecule has 0 saturated carbocycles. The Morgan fingerprint density at radius 2 is 1.71 bits per heavy atom. The van der Waals surface area contributed by atoms with Gasteiger partial charge in [0.05, 0.1) is 6.04 Å². The molecule has 0 aliphatic carbocycles. The summed E-state index contributed by atoms with van der Waals surface area (Å²) in [5.41, 5.74) is 0.781. The Hall–Kier alpha value is -3.30. The average Bonchev–Trinajstić information content (AvgIpc) is 2.96. The number of nitrogens with zero attached hydrogens (tertiary/aromatic N) is 1. The number of nitrogens with one attached hydrogen (secondary N) is 2. The lowest BCUT2D eigenvalue weighted by molar-refractivity contribution is -0.274. The van der Waals surface area contributed by atoms with E-state index in [2.05, 4.69) is 15.4 Å². The van der Waals surface area contributed by atoms with Crippen molar-refractivity contribution in [2.45, 2.75) is 18.8 Å².